The highest BCUT2D eigenvalue weighted by molar-refractivity contribution is 6.33. The van der Waals surface area contributed by atoms with Gasteiger partial charge in [-0.1, -0.05) is 11.6 Å². The molecule has 2 aromatic carbocycles. The molecule has 1 aliphatic carbocycles. The molecule has 0 radical (unpaired) electrons. The van der Waals surface area contributed by atoms with Gasteiger partial charge in [-0.15, -0.1) is 0 Å². The van der Waals surface area contributed by atoms with E-state index in [1.165, 1.54) is 25.3 Å². The van der Waals surface area contributed by atoms with E-state index in [1.807, 2.05) is 0 Å². The van der Waals surface area contributed by atoms with Crippen LogP contribution in [0.2, 0.25) is 5.02 Å². The van der Waals surface area contributed by atoms with Gasteiger partial charge in [0.2, 0.25) is 0 Å². The van der Waals surface area contributed by atoms with Crippen LogP contribution in [0.5, 0.6) is 5.75 Å². The Kier molecular flexibility index (Phi) is 9.12. The number of benzene rings is 2. The Morgan fingerprint density at radius 1 is 1.18 bits per heavy atom. The molecule has 1 unspecified atom stereocenters. The number of aliphatic hydroxyl groups excluding tert-OH is 1. The molecule has 0 saturated heterocycles. The van der Waals surface area contributed by atoms with Crippen molar-refractivity contribution in [1.29, 1.82) is 0 Å². The molecule has 0 aromatic heterocycles. The molecular formula is C25H30ClFN2O5. The van der Waals surface area contributed by atoms with Gasteiger partial charge in [0.1, 0.15) is 11.6 Å². The smallest absolute Gasteiger partial charge is 0.306 e. The summed E-state index contributed by atoms with van der Waals surface area (Å²) in [6.45, 7) is 0.352. The largest absolute Gasteiger partial charge is 0.496 e. The number of hydrogen-bond acceptors (Lipinski definition) is 5. The zero-order valence-electron chi connectivity index (χ0n) is 19.0. The van der Waals surface area contributed by atoms with Gasteiger partial charge in [-0.3, -0.25) is 9.59 Å². The molecule has 0 spiro atoms. The molecule has 0 aliphatic heterocycles. The first-order valence-electron chi connectivity index (χ1n) is 11.3. The Morgan fingerprint density at radius 3 is 2.53 bits per heavy atom. The van der Waals surface area contributed by atoms with Crippen LogP contribution >= 0.6 is 11.6 Å². The number of hydrogen-bond donors (Lipinski definition) is 4. The second-order valence-electron chi connectivity index (χ2n) is 8.56. The van der Waals surface area contributed by atoms with E-state index in [4.69, 9.17) is 21.4 Å². The number of carboxylic acids is 1. The summed E-state index contributed by atoms with van der Waals surface area (Å²) < 4.78 is 19.2. The van der Waals surface area contributed by atoms with Crippen molar-refractivity contribution in [3.63, 3.8) is 0 Å². The molecule has 1 saturated carbocycles. The van der Waals surface area contributed by atoms with Crippen LogP contribution in [-0.2, 0) is 4.79 Å². The van der Waals surface area contributed by atoms with Crippen molar-refractivity contribution < 1.29 is 28.9 Å². The molecule has 1 aliphatic rings. The molecule has 7 nitrogen and oxygen atoms in total. The fraction of sp³-hybridized carbons (Fsp3) is 0.440. The van der Waals surface area contributed by atoms with Crippen LogP contribution in [0.15, 0.2) is 36.4 Å². The number of nitrogens with one attached hydrogen (secondary N) is 2. The summed E-state index contributed by atoms with van der Waals surface area (Å²) in [7, 11) is 1.49. The normalized spacial score (nSPS) is 18.7. The molecule has 3 rings (SSSR count). The fourth-order valence-corrected chi connectivity index (χ4v) is 4.56. The number of anilines is 1. The molecule has 1 fully saturated rings. The zero-order valence-corrected chi connectivity index (χ0v) is 19.8. The average Bonchev–Trinajstić information content (AvgIpc) is 2.83. The van der Waals surface area contributed by atoms with Crippen molar-refractivity contribution in [1.82, 2.24) is 5.32 Å². The monoisotopic (exact) mass is 492 g/mol. The fourth-order valence-electron chi connectivity index (χ4n) is 4.33. The number of carboxylic acid groups (broad SMARTS) is 1. The van der Waals surface area contributed by atoms with E-state index in [-0.39, 0.29) is 24.3 Å². The predicted molar refractivity (Wildman–Crippen MR) is 128 cm³/mol. The van der Waals surface area contributed by atoms with E-state index in [1.54, 1.807) is 18.2 Å². The van der Waals surface area contributed by atoms with Gasteiger partial charge in [0, 0.05) is 24.3 Å². The van der Waals surface area contributed by atoms with Crippen molar-refractivity contribution in [2.45, 2.75) is 38.1 Å². The van der Waals surface area contributed by atoms with Gasteiger partial charge in [0.05, 0.1) is 29.8 Å². The van der Waals surface area contributed by atoms with Crippen LogP contribution in [-0.4, -0.2) is 42.4 Å². The van der Waals surface area contributed by atoms with E-state index in [9.17, 15) is 19.1 Å². The topological polar surface area (TPSA) is 108 Å². The second-order valence-corrected chi connectivity index (χ2v) is 8.96. The van der Waals surface area contributed by atoms with Crippen LogP contribution in [0.25, 0.3) is 0 Å². The van der Waals surface area contributed by atoms with Gasteiger partial charge in [-0.05, 0) is 74.4 Å². The third kappa shape index (κ3) is 6.61. The zero-order chi connectivity index (χ0) is 24.7. The number of rotatable bonds is 10. The summed E-state index contributed by atoms with van der Waals surface area (Å²) in [4.78, 5) is 23.7. The number of methoxy groups -OCH3 is 1. The number of aliphatic hydroxyl groups is 1. The van der Waals surface area contributed by atoms with Crippen LogP contribution < -0.4 is 15.4 Å². The number of aliphatic carboxylic acids is 1. The van der Waals surface area contributed by atoms with Gasteiger partial charge < -0.3 is 25.6 Å². The first kappa shape index (κ1) is 25.8. The van der Waals surface area contributed by atoms with E-state index in [0.29, 0.717) is 53.4 Å². The molecule has 0 heterocycles. The van der Waals surface area contributed by atoms with Crippen molar-refractivity contribution in [2.75, 3.05) is 25.6 Å². The Bertz CT molecular complexity index is 1010. The number of amides is 1. The number of carbonyl (C=O) groups is 2. The van der Waals surface area contributed by atoms with E-state index < -0.39 is 17.8 Å². The summed E-state index contributed by atoms with van der Waals surface area (Å²) in [5.41, 5.74) is 1.49. The maximum Gasteiger partial charge on any atom is 0.306 e. The third-order valence-corrected chi connectivity index (χ3v) is 6.61. The Morgan fingerprint density at radius 2 is 1.91 bits per heavy atom. The molecule has 34 heavy (non-hydrogen) atoms. The lowest BCUT2D eigenvalue weighted by Gasteiger charge is -2.26. The number of carbonyl (C=O) groups excluding carboxylic acids is 1. The summed E-state index contributed by atoms with van der Waals surface area (Å²) in [6, 6.07) is 8.59. The third-order valence-electron chi connectivity index (χ3n) is 6.29. The number of halogens is 2. The molecule has 0 bridgehead atoms. The van der Waals surface area contributed by atoms with Crippen LogP contribution in [0.1, 0.15) is 54.1 Å². The van der Waals surface area contributed by atoms with Gasteiger partial charge in [-0.25, -0.2) is 4.39 Å². The van der Waals surface area contributed by atoms with Crippen molar-refractivity contribution in [3.05, 3.63) is 58.4 Å². The highest BCUT2D eigenvalue weighted by Crippen LogP contribution is 2.34. The quantitative estimate of drug-likeness (QED) is 0.384. The van der Waals surface area contributed by atoms with Crippen molar-refractivity contribution in [2.24, 2.45) is 11.8 Å². The maximum atomic E-state index is 13.9. The van der Waals surface area contributed by atoms with E-state index in [2.05, 4.69) is 10.6 Å². The van der Waals surface area contributed by atoms with E-state index >= 15 is 0 Å². The molecule has 4 N–H and O–H groups in total. The number of ether oxygens (including phenoxy) is 1. The highest BCUT2D eigenvalue weighted by Gasteiger charge is 2.26. The summed E-state index contributed by atoms with van der Waals surface area (Å²) >= 11 is 6.44. The molecule has 184 valence electrons. The van der Waals surface area contributed by atoms with Gasteiger partial charge >= 0.3 is 5.97 Å². The minimum Gasteiger partial charge on any atom is -0.496 e. The van der Waals surface area contributed by atoms with Crippen LogP contribution in [0.3, 0.4) is 0 Å². The molecule has 1 atom stereocenters. The predicted octanol–water partition coefficient (Wildman–Crippen LogP) is 4.64. The lowest BCUT2D eigenvalue weighted by Crippen LogP contribution is -2.32. The summed E-state index contributed by atoms with van der Waals surface area (Å²) in [6.07, 6.45) is 3.11. The van der Waals surface area contributed by atoms with E-state index in [0.717, 1.165) is 12.8 Å². The lowest BCUT2D eigenvalue weighted by molar-refractivity contribution is -0.143. The summed E-state index contributed by atoms with van der Waals surface area (Å²) in [5.74, 6) is -0.966. The van der Waals surface area contributed by atoms with Gasteiger partial charge in [0.15, 0.2) is 0 Å². The average molecular weight is 493 g/mol. The molecular weight excluding hydrogens is 463 g/mol. The standard InChI is InChI=1S/C25H30ClFN2O5/c1-34-23-9-7-18(27)13-19(23)21(10-11-30)29-22-8-6-17(12-20(22)26)24(31)28-14-15-2-4-16(5-3-15)25(32)33/h6-9,12-13,15-16,21,29-30H,2-5,10-11,14H2,1H3,(H,28,31)(H,32,33). The molecule has 2 aromatic rings. The molecule has 1 amide bonds. The SMILES string of the molecule is COc1ccc(F)cc1C(CCO)Nc1ccc(C(=O)NCC2CCC(C(=O)O)CC2)cc1Cl. The maximum absolute atomic E-state index is 13.9. The van der Waals surface area contributed by atoms with Crippen LogP contribution in [0, 0.1) is 17.7 Å². The van der Waals surface area contributed by atoms with Gasteiger partial charge in [-0.2, -0.15) is 0 Å². The Labute approximate surface area is 203 Å². The minimum atomic E-state index is -0.747. The van der Waals surface area contributed by atoms with Crippen molar-refractivity contribution in [3.8, 4) is 5.75 Å². The second kappa shape index (κ2) is 12.0. The molecule has 9 heteroatoms. The first-order valence-corrected chi connectivity index (χ1v) is 11.7. The Balaban J connectivity index is 1.64. The Hall–Kier alpha value is -2.84. The minimum absolute atomic E-state index is 0.135. The van der Waals surface area contributed by atoms with Crippen LogP contribution in [0.4, 0.5) is 10.1 Å². The first-order chi connectivity index (χ1) is 16.3. The summed E-state index contributed by atoms with van der Waals surface area (Å²) in [5, 5.41) is 25.1. The van der Waals surface area contributed by atoms with Gasteiger partial charge in [0.25, 0.3) is 5.91 Å². The van der Waals surface area contributed by atoms with Crippen molar-refractivity contribution >= 4 is 29.2 Å². The highest BCUT2D eigenvalue weighted by atomic mass is 35.5. The lowest BCUT2D eigenvalue weighted by atomic mass is 9.82.